The monoisotopic (exact) mass is 248 g/mol. The van der Waals surface area contributed by atoms with Crippen LogP contribution in [0.4, 0.5) is 5.69 Å². The van der Waals surface area contributed by atoms with Gasteiger partial charge in [-0.1, -0.05) is 19.9 Å². The first-order valence-electron chi connectivity index (χ1n) is 6.81. The van der Waals surface area contributed by atoms with Crippen molar-refractivity contribution < 1.29 is 0 Å². The lowest BCUT2D eigenvalue weighted by Gasteiger charge is -2.35. The molecular weight excluding hydrogens is 220 g/mol. The molecule has 102 valence electrons. The summed E-state index contributed by atoms with van der Waals surface area (Å²) in [6.45, 7) is 14.0. The Hall–Kier alpha value is -1.02. The largest absolute Gasteiger partial charge is 0.370 e. The zero-order valence-electron chi connectivity index (χ0n) is 13.0. The number of likely N-dealkylation sites (N-methyl/N-ethyl adjacent to an activating group) is 1. The van der Waals surface area contributed by atoms with E-state index in [1.165, 1.54) is 27.9 Å². The van der Waals surface area contributed by atoms with Crippen molar-refractivity contribution in [3.05, 3.63) is 28.3 Å². The van der Waals surface area contributed by atoms with E-state index < -0.39 is 0 Å². The highest BCUT2D eigenvalue weighted by molar-refractivity contribution is 5.64. The highest BCUT2D eigenvalue weighted by Gasteiger charge is 2.21. The molecule has 2 nitrogen and oxygen atoms in total. The van der Waals surface area contributed by atoms with E-state index in [4.69, 9.17) is 5.73 Å². The van der Waals surface area contributed by atoms with Gasteiger partial charge in [-0.05, 0) is 55.9 Å². The molecule has 1 unspecified atom stereocenters. The van der Waals surface area contributed by atoms with Crippen LogP contribution in [0.2, 0.25) is 0 Å². The Balaban J connectivity index is 3.32. The maximum absolute atomic E-state index is 5.95. The van der Waals surface area contributed by atoms with E-state index in [0.717, 1.165) is 0 Å². The zero-order valence-corrected chi connectivity index (χ0v) is 13.0. The molecule has 1 atom stereocenters. The molecule has 2 N–H and O–H groups in total. The van der Waals surface area contributed by atoms with Crippen LogP contribution in [0.1, 0.15) is 36.1 Å². The maximum atomic E-state index is 5.95. The van der Waals surface area contributed by atoms with Crippen LogP contribution in [0.15, 0.2) is 6.07 Å². The minimum absolute atomic E-state index is 0.392. The first kappa shape index (κ1) is 15.0. The van der Waals surface area contributed by atoms with E-state index in [1.54, 1.807) is 0 Å². The lowest BCUT2D eigenvalue weighted by atomic mass is 9.95. The third-order valence-corrected chi connectivity index (χ3v) is 4.19. The fourth-order valence-corrected chi connectivity index (χ4v) is 2.77. The second-order valence-electron chi connectivity index (χ2n) is 5.77. The minimum Gasteiger partial charge on any atom is -0.370 e. The summed E-state index contributed by atoms with van der Waals surface area (Å²) in [4.78, 5) is 2.37. The Morgan fingerprint density at radius 1 is 1.06 bits per heavy atom. The fourth-order valence-electron chi connectivity index (χ4n) is 2.77. The maximum Gasteiger partial charge on any atom is 0.0432 e. The number of hydrogen-bond acceptors (Lipinski definition) is 2. The molecule has 0 aliphatic heterocycles. The number of anilines is 1. The van der Waals surface area contributed by atoms with Crippen LogP contribution in [0.25, 0.3) is 0 Å². The Kier molecular flexibility index (Phi) is 4.80. The van der Waals surface area contributed by atoms with Crippen molar-refractivity contribution in [3.63, 3.8) is 0 Å². The summed E-state index contributed by atoms with van der Waals surface area (Å²) in [5, 5.41) is 0. The number of nitrogens with zero attached hydrogens (tertiary/aromatic N) is 1. The molecule has 0 radical (unpaired) electrons. The van der Waals surface area contributed by atoms with Crippen molar-refractivity contribution in [3.8, 4) is 0 Å². The Morgan fingerprint density at radius 2 is 1.50 bits per heavy atom. The van der Waals surface area contributed by atoms with E-state index in [2.05, 4.69) is 59.6 Å². The summed E-state index contributed by atoms with van der Waals surface area (Å²) in [5.74, 6) is 0.555. The second-order valence-corrected chi connectivity index (χ2v) is 5.77. The highest BCUT2D eigenvalue weighted by atomic mass is 15.1. The zero-order chi connectivity index (χ0) is 14.0. The van der Waals surface area contributed by atoms with E-state index in [-0.39, 0.29) is 0 Å². The molecule has 1 rings (SSSR count). The average molecular weight is 248 g/mol. The molecular formula is C16H28N2. The number of rotatable bonds is 4. The summed E-state index contributed by atoms with van der Waals surface area (Å²) in [6, 6.07) is 2.66. The number of aryl methyl sites for hydroxylation is 2. The number of hydrogen-bond donors (Lipinski definition) is 1. The van der Waals surface area contributed by atoms with Crippen LogP contribution in [-0.2, 0) is 0 Å². The van der Waals surface area contributed by atoms with Gasteiger partial charge in [0.15, 0.2) is 0 Å². The first-order chi connectivity index (χ1) is 8.31. The van der Waals surface area contributed by atoms with Gasteiger partial charge in [-0.25, -0.2) is 0 Å². The summed E-state index contributed by atoms with van der Waals surface area (Å²) in [5.41, 5.74) is 12.8. The molecule has 2 heteroatoms. The smallest absolute Gasteiger partial charge is 0.0432 e. The molecule has 0 saturated heterocycles. The summed E-state index contributed by atoms with van der Waals surface area (Å²) in [6.07, 6.45) is 0. The van der Waals surface area contributed by atoms with Gasteiger partial charge in [0, 0.05) is 25.3 Å². The van der Waals surface area contributed by atoms with Gasteiger partial charge in [-0.3, -0.25) is 0 Å². The van der Waals surface area contributed by atoms with Crippen molar-refractivity contribution >= 4 is 5.69 Å². The standard InChI is InChI=1S/C16H28N2/c1-10(2)15(9-17)18(7)16-13(5)11(3)8-12(4)14(16)6/h8,10,15H,9,17H2,1-7H3. The number of benzene rings is 1. The summed E-state index contributed by atoms with van der Waals surface area (Å²) < 4.78 is 0. The van der Waals surface area contributed by atoms with Gasteiger partial charge in [-0.15, -0.1) is 0 Å². The SMILES string of the molecule is Cc1cc(C)c(C)c(N(C)C(CN)C(C)C)c1C. The van der Waals surface area contributed by atoms with Crippen LogP contribution in [0.5, 0.6) is 0 Å². The average Bonchev–Trinajstić information content (AvgIpc) is 2.27. The van der Waals surface area contributed by atoms with Gasteiger partial charge in [-0.2, -0.15) is 0 Å². The van der Waals surface area contributed by atoms with Crippen LogP contribution in [0, 0.1) is 33.6 Å². The van der Waals surface area contributed by atoms with Gasteiger partial charge >= 0.3 is 0 Å². The van der Waals surface area contributed by atoms with Gasteiger partial charge in [0.25, 0.3) is 0 Å². The lowest BCUT2D eigenvalue weighted by Crippen LogP contribution is -2.42. The second kappa shape index (κ2) is 5.75. The molecule has 0 aliphatic carbocycles. The van der Waals surface area contributed by atoms with E-state index in [9.17, 15) is 0 Å². The quantitative estimate of drug-likeness (QED) is 0.885. The molecule has 0 fully saturated rings. The molecule has 0 bridgehead atoms. The predicted molar refractivity (Wildman–Crippen MR) is 81.5 cm³/mol. The Labute approximate surface area is 112 Å². The van der Waals surface area contributed by atoms with Gasteiger partial charge in [0.1, 0.15) is 0 Å². The van der Waals surface area contributed by atoms with Crippen molar-refractivity contribution in [2.24, 2.45) is 11.7 Å². The molecule has 1 aromatic rings. The van der Waals surface area contributed by atoms with Crippen molar-refractivity contribution in [1.82, 2.24) is 0 Å². The van der Waals surface area contributed by atoms with Gasteiger partial charge in [0.2, 0.25) is 0 Å². The van der Waals surface area contributed by atoms with E-state index in [1.807, 2.05) is 0 Å². The van der Waals surface area contributed by atoms with Crippen LogP contribution in [-0.4, -0.2) is 19.6 Å². The first-order valence-corrected chi connectivity index (χ1v) is 6.81. The van der Waals surface area contributed by atoms with Crippen LogP contribution in [0.3, 0.4) is 0 Å². The predicted octanol–water partition coefficient (Wildman–Crippen LogP) is 3.34. The minimum atomic E-state index is 0.392. The van der Waals surface area contributed by atoms with Crippen molar-refractivity contribution in [2.45, 2.75) is 47.6 Å². The molecule has 0 amide bonds. The molecule has 1 aromatic carbocycles. The molecule has 18 heavy (non-hydrogen) atoms. The van der Waals surface area contributed by atoms with Gasteiger partial charge in [0.05, 0.1) is 0 Å². The molecule has 0 heterocycles. The van der Waals surface area contributed by atoms with E-state index >= 15 is 0 Å². The Bertz CT molecular complexity index is 395. The molecule has 0 aliphatic rings. The topological polar surface area (TPSA) is 29.3 Å². The molecule has 0 saturated carbocycles. The summed E-state index contributed by atoms with van der Waals surface area (Å²) in [7, 11) is 2.17. The highest BCUT2D eigenvalue weighted by Crippen LogP contribution is 2.31. The van der Waals surface area contributed by atoms with Crippen molar-refractivity contribution in [2.75, 3.05) is 18.5 Å². The normalized spacial score (nSPS) is 12.9. The van der Waals surface area contributed by atoms with Crippen LogP contribution >= 0.6 is 0 Å². The van der Waals surface area contributed by atoms with E-state index in [0.29, 0.717) is 18.5 Å². The third-order valence-electron chi connectivity index (χ3n) is 4.19. The van der Waals surface area contributed by atoms with Gasteiger partial charge < -0.3 is 10.6 Å². The van der Waals surface area contributed by atoms with Crippen molar-refractivity contribution in [1.29, 1.82) is 0 Å². The third kappa shape index (κ3) is 2.69. The lowest BCUT2D eigenvalue weighted by molar-refractivity contribution is 0.479. The fraction of sp³-hybridized carbons (Fsp3) is 0.625. The summed E-state index contributed by atoms with van der Waals surface area (Å²) >= 11 is 0. The molecule has 0 aromatic heterocycles. The Morgan fingerprint density at radius 3 is 1.83 bits per heavy atom. The number of nitrogens with two attached hydrogens (primary N) is 1. The van der Waals surface area contributed by atoms with Crippen LogP contribution < -0.4 is 10.6 Å². The molecule has 0 spiro atoms.